The Balaban J connectivity index is 0.000000522. The summed E-state index contributed by atoms with van der Waals surface area (Å²) in [5, 5.41) is 12.4. The zero-order valence-electron chi connectivity index (χ0n) is 14.0. The van der Waals surface area contributed by atoms with Crippen LogP contribution in [0.4, 0.5) is 4.79 Å². The molecule has 2 atom stereocenters. The Hall–Kier alpha value is -1.01. The zero-order chi connectivity index (χ0) is 17.0. The molecule has 3 rings (SSSR count). The van der Waals surface area contributed by atoms with Gasteiger partial charge in [-0.3, -0.25) is 9.48 Å². The van der Waals surface area contributed by atoms with E-state index < -0.39 is 10.6 Å². The fourth-order valence-electron chi connectivity index (χ4n) is 2.81. The number of rotatable bonds is 4. The van der Waals surface area contributed by atoms with E-state index in [2.05, 4.69) is 20.5 Å². The van der Waals surface area contributed by atoms with Crippen molar-refractivity contribution in [2.75, 3.05) is 20.6 Å². The average Bonchev–Trinajstić information content (AvgIpc) is 2.97. The van der Waals surface area contributed by atoms with Gasteiger partial charge in [0.15, 0.2) is 6.03 Å². The first kappa shape index (κ1) is 21.0. The minimum Gasteiger partial charge on any atom is -0.431 e. The van der Waals surface area contributed by atoms with Gasteiger partial charge in [0, 0.05) is 19.3 Å². The van der Waals surface area contributed by atoms with Crippen LogP contribution < -0.4 is 29.6 Å². The number of hydrogen-bond acceptors (Lipinski definition) is 7. The van der Waals surface area contributed by atoms with Crippen LogP contribution in [0.1, 0.15) is 18.5 Å². The molecule has 2 aliphatic rings. The van der Waals surface area contributed by atoms with Crippen molar-refractivity contribution in [3.8, 4) is 0 Å². The topological polar surface area (TPSA) is 120 Å². The number of hydrogen-bond donors (Lipinski definition) is 0. The minimum absolute atomic E-state index is 0. The summed E-state index contributed by atoms with van der Waals surface area (Å²) in [7, 11) is 0.898. The van der Waals surface area contributed by atoms with Gasteiger partial charge in [-0.2, -0.15) is 0 Å². The summed E-state index contributed by atoms with van der Waals surface area (Å²) >= 11 is 0. The molecule has 1 aromatic heterocycles. The first-order valence-electron chi connectivity index (χ1n) is 7.17. The summed E-state index contributed by atoms with van der Waals surface area (Å²) in [6.07, 6.45) is 3.97. The third-order valence-electron chi connectivity index (χ3n) is 3.68. The quantitative estimate of drug-likeness (QED) is 0.512. The number of piperidine rings is 1. The maximum Gasteiger partial charge on any atom is 1.00 e. The molecule has 12 heteroatoms. The van der Waals surface area contributed by atoms with Crippen molar-refractivity contribution in [3.63, 3.8) is 0 Å². The molecule has 0 radical (unpaired) electrons. The number of urea groups is 1. The molecule has 0 aromatic carbocycles. The van der Waals surface area contributed by atoms with Crippen molar-refractivity contribution < 1.29 is 47.0 Å². The second kappa shape index (κ2) is 9.47. The summed E-state index contributed by atoms with van der Waals surface area (Å²) in [5.74, 6) is 0. The van der Waals surface area contributed by atoms with E-state index in [1.54, 1.807) is 0 Å². The second-order valence-corrected chi connectivity index (χ2v) is 6.23. The van der Waals surface area contributed by atoms with E-state index in [1.165, 1.54) is 0 Å². The SMILES string of the molecule is CN(C)Cc1cn(C[C@@H]2CC[C@@H]3CN2C(=O)[N-]3)nn1.O=S(=O)=O.[Na+]. The van der Waals surface area contributed by atoms with Crippen LogP contribution in [0.2, 0.25) is 0 Å². The van der Waals surface area contributed by atoms with Gasteiger partial charge in [0.05, 0.1) is 5.69 Å². The number of nitrogens with zero attached hydrogens (tertiary/aromatic N) is 6. The van der Waals surface area contributed by atoms with Crippen LogP contribution in [0.25, 0.3) is 5.32 Å². The Labute approximate surface area is 163 Å². The molecule has 2 saturated heterocycles. The Morgan fingerprint density at radius 1 is 1.33 bits per heavy atom. The maximum absolute atomic E-state index is 11.7. The molecule has 0 saturated carbocycles. The van der Waals surface area contributed by atoms with Crippen LogP contribution in [-0.2, 0) is 23.7 Å². The smallest absolute Gasteiger partial charge is 0.431 e. The number of fused-ring (bicyclic) bond motifs is 2. The normalized spacial score (nSPS) is 21.6. The first-order chi connectivity index (χ1) is 10.8. The zero-order valence-corrected chi connectivity index (χ0v) is 16.8. The number of carbonyl (C=O) groups is 1. The summed E-state index contributed by atoms with van der Waals surface area (Å²) in [5.41, 5.74) is 0.955. The molecule has 2 fully saturated rings. The molecule has 1 aromatic rings. The molecule has 2 bridgehead atoms. The second-order valence-electron chi connectivity index (χ2n) is 5.82. The number of amides is 2. The summed E-state index contributed by atoms with van der Waals surface area (Å²) in [6, 6.07) is 0.383. The molecule has 128 valence electrons. The van der Waals surface area contributed by atoms with Crippen molar-refractivity contribution >= 4 is 16.6 Å². The van der Waals surface area contributed by atoms with Crippen molar-refractivity contribution in [3.05, 3.63) is 17.2 Å². The van der Waals surface area contributed by atoms with Crippen LogP contribution in [-0.4, -0.2) is 76.2 Å². The third kappa shape index (κ3) is 6.13. The average molecular weight is 366 g/mol. The van der Waals surface area contributed by atoms with Gasteiger partial charge in [-0.15, -0.1) is 17.7 Å². The minimum atomic E-state index is -3.11. The van der Waals surface area contributed by atoms with Crippen LogP contribution in [0, 0.1) is 0 Å². The maximum atomic E-state index is 11.7. The fourth-order valence-corrected chi connectivity index (χ4v) is 2.81. The molecule has 0 spiro atoms. The van der Waals surface area contributed by atoms with E-state index in [9.17, 15) is 4.79 Å². The van der Waals surface area contributed by atoms with Gasteiger partial charge in [0.1, 0.15) is 0 Å². The van der Waals surface area contributed by atoms with Crippen LogP contribution in [0.3, 0.4) is 0 Å². The Kier molecular flexibility index (Phi) is 8.30. The summed E-state index contributed by atoms with van der Waals surface area (Å²) in [4.78, 5) is 15.6. The van der Waals surface area contributed by atoms with Gasteiger partial charge in [0.25, 0.3) is 0 Å². The Bertz CT molecular complexity index is 657. The summed E-state index contributed by atoms with van der Waals surface area (Å²) in [6.45, 7) is 2.28. The molecule has 0 unspecified atom stereocenters. The van der Waals surface area contributed by atoms with Gasteiger partial charge in [-0.05, 0) is 39.1 Å². The molecule has 3 heterocycles. The van der Waals surface area contributed by atoms with E-state index >= 15 is 0 Å². The number of carbonyl (C=O) groups excluding carboxylic acids is 1. The monoisotopic (exact) mass is 366 g/mol. The predicted octanol–water partition coefficient (Wildman–Crippen LogP) is -3.32. The predicted molar refractivity (Wildman–Crippen MR) is 79.4 cm³/mol. The molecule has 24 heavy (non-hydrogen) atoms. The van der Waals surface area contributed by atoms with Crippen molar-refractivity contribution in [1.82, 2.24) is 24.8 Å². The van der Waals surface area contributed by atoms with Gasteiger partial charge >= 0.3 is 40.2 Å². The van der Waals surface area contributed by atoms with Crippen LogP contribution in [0.5, 0.6) is 0 Å². The van der Waals surface area contributed by atoms with Gasteiger partial charge in [-0.1, -0.05) is 11.6 Å². The molecule has 0 N–H and O–H groups in total. The van der Waals surface area contributed by atoms with Crippen molar-refractivity contribution in [2.24, 2.45) is 0 Å². The number of aromatic nitrogens is 3. The van der Waals surface area contributed by atoms with E-state index in [0.717, 1.165) is 31.6 Å². The standard InChI is InChI=1S/C12H20N6O.Na.O3S/c1-16(2)5-10-6-17(15-14-10)8-11-4-3-9-7-18(11)12(19)13-9;;1-4(2)3/h6,9,11H,3-5,7-8H2,1-2H3,(H,13,19);;/q;+1;/p-1/t9-,11+;;/m1../s1. The summed E-state index contributed by atoms with van der Waals surface area (Å²) < 4.78 is 27.2. The molecule has 0 aliphatic carbocycles. The van der Waals surface area contributed by atoms with Crippen molar-refractivity contribution in [1.29, 1.82) is 0 Å². The molecule has 10 nitrogen and oxygen atoms in total. The van der Waals surface area contributed by atoms with E-state index in [1.807, 2.05) is 29.9 Å². The third-order valence-corrected chi connectivity index (χ3v) is 3.68. The molecular weight excluding hydrogens is 347 g/mol. The molecule has 2 aliphatic heterocycles. The largest absolute Gasteiger partial charge is 1.00 e. The Morgan fingerprint density at radius 2 is 2.00 bits per heavy atom. The van der Waals surface area contributed by atoms with Crippen LogP contribution >= 0.6 is 0 Å². The molecule has 2 amide bonds. The van der Waals surface area contributed by atoms with Gasteiger partial charge in [0.2, 0.25) is 0 Å². The fraction of sp³-hybridized carbons (Fsp3) is 0.750. The van der Waals surface area contributed by atoms with E-state index in [4.69, 9.17) is 12.6 Å². The first-order valence-corrected chi connectivity index (χ1v) is 8.17. The van der Waals surface area contributed by atoms with E-state index in [0.29, 0.717) is 6.54 Å². The van der Waals surface area contributed by atoms with Gasteiger partial charge in [-0.25, -0.2) is 0 Å². The Morgan fingerprint density at radius 3 is 2.62 bits per heavy atom. The van der Waals surface area contributed by atoms with Crippen molar-refractivity contribution in [2.45, 2.75) is 38.0 Å². The van der Waals surface area contributed by atoms with E-state index in [-0.39, 0.29) is 47.7 Å². The molecular formula is C12H19N6NaO4S. The van der Waals surface area contributed by atoms with Crippen LogP contribution in [0.15, 0.2) is 6.20 Å². The van der Waals surface area contributed by atoms with Gasteiger partial charge < -0.3 is 15.1 Å².